The van der Waals surface area contributed by atoms with E-state index in [2.05, 4.69) is 6.92 Å². The van der Waals surface area contributed by atoms with Crippen LogP contribution in [0.4, 0.5) is 8.78 Å². The molecule has 1 aromatic rings. The van der Waals surface area contributed by atoms with E-state index < -0.39 is 11.6 Å². The summed E-state index contributed by atoms with van der Waals surface area (Å²) in [6.07, 6.45) is 12.6. The average molecular weight is 425 g/mol. The quantitative estimate of drug-likeness (QED) is 0.381. The first kappa shape index (κ1) is 23.3. The molecule has 0 bridgehead atoms. The largest absolute Gasteiger partial charge is 0.491 e. The van der Waals surface area contributed by atoms with Crippen molar-refractivity contribution in [2.45, 2.75) is 84.2 Å². The van der Waals surface area contributed by atoms with Crippen LogP contribution in [0.5, 0.6) is 11.5 Å². The SMILES string of the molecule is CCCCCC1CCC(C2CCC(COc3ccc(OCC)c(F)c3F)CC2)CO1. The third kappa shape index (κ3) is 6.32. The van der Waals surface area contributed by atoms with E-state index in [0.717, 1.165) is 25.4 Å². The van der Waals surface area contributed by atoms with E-state index in [1.54, 1.807) is 6.92 Å². The first-order valence-corrected chi connectivity index (χ1v) is 12.0. The van der Waals surface area contributed by atoms with E-state index in [1.165, 1.54) is 63.5 Å². The van der Waals surface area contributed by atoms with Crippen molar-refractivity contribution in [3.63, 3.8) is 0 Å². The molecular weight excluding hydrogens is 386 g/mol. The zero-order chi connectivity index (χ0) is 21.3. The fourth-order valence-electron chi connectivity index (χ4n) is 4.97. The Morgan fingerprint density at radius 2 is 1.53 bits per heavy atom. The molecule has 1 aliphatic heterocycles. The number of benzene rings is 1. The van der Waals surface area contributed by atoms with Gasteiger partial charge >= 0.3 is 0 Å². The lowest BCUT2D eigenvalue weighted by Gasteiger charge is -2.37. The Kier molecular flexibility index (Phi) is 9.23. The van der Waals surface area contributed by atoms with Crippen LogP contribution < -0.4 is 9.47 Å². The first-order chi connectivity index (χ1) is 14.6. The fraction of sp³-hybridized carbons (Fsp3) is 0.760. The molecule has 0 spiro atoms. The number of halogens is 2. The van der Waals surface area contributed by atoms with Gasteiger partial charge in [-0.3, -0.25) is 0 Å². The molecule has 0 amide bonds. The summed E-state index contributed by atoms with van der Waals surface area (Å²) in [7, 11) is 0. The van der Waals surface area contributed by atoms with E-state index in [9.17, 15) is 8.78 Å². The second kappa shape index (κ2) is 11.9. The molecule has 1 aliphatic carbocycles. The van der Waals surface area contributed by atoms with Crippen molar-refractivity contribution in [3.05, 3.63) is 23.8 Å². The number of hydrogen-bond acceptors (Lipinski definition) is 3. The van der Waals surface area contributed by atoms with E-state index in [0.29, 0.717) is 31.2 Å². The molecule has 0 aromatic heterocycles. The minimum atomic E-state index is -0.969. The Labute approximate surface area is 180 Å². The minimum absolute atomic E-state index is 0.0205. The van der Waals surface area contributed by atoms with Gasteiger partial charge in [-0.15, -0.1) is 0 Å². The van der Waals surface area contributed by atoms with Gasteiger partial charge in [0.1, 0.15) is 0 Å². The van der Waals surface area contributed by atoms with Crippen molar-refractivity contribution in [1.82, 2.24) is 0 Å². The van der Waals surface area contributed by atoms with Crippen molar-refractivity contribution in [3.8, 4) is 11.5 Å². The Hall–Kier alpha value is -1.36. The molecule has 1 heterocycles. The Morgan fingerprint density at radius 3 is 2.13 bits per heavy atom. The summed E-state index contributed by atoms with van der Waals surface area (Å²) >= 11 is 0. The van der Waals surface area contributed by atoms with Crippen LogP contribution in [0, 0.1) is 29.4 Å². The van der Waals surface area contributed by atoms with Gasteiger partial charge in [-0.2, -0.15) is 8.78 Å². The van der Waals surface area contributed by atoms with Gasteiger partial charge in [0, 0.05) is 0 Å². The molecule has 2 unspecified atom stereocenters. The van der Waals surface area contributed by atoms with Crippen LogP contribution >= 0.6 is 0 Å². The van der Waals surface area contributed by atoms with E-state index in [-0.39, 0.29) is 11.5 Å². The van der Waals surface area contributed by atoms with Crippen molar-refractivity contribution < 1.29 is 23.0 Å². The summed E-state index contributed by atoms with van der Waals surface area (Å²) in [4.78, 5) is 0. The van der Waals surface area contributed by atoms with E-state index >= 15 is 0 Å². The lowest BCUT2D eigenvalue weighted by molar-refractivity contribution is -0.0434. The highest BCUT2D eigenvalue weighted by atomic mass is 19.2. The molecular formula is C25H38F2O3. The number of unbranched alkanes of at least 4 members (excludes halogenated alkanes) is 2. The molecule has 170 valence electrons. The number of hydrogen-bond donors (Lipinski definition) is 0. The van der Waals surface area contributed by atoms with Crippen LogP contribution in [-0.4, -0.2) is 25.9 Å². The Bertz CT molecular complexity index is 636. The zero-order valence-corrected chi connectivity index (χ0v) is 18.6. The summed E-state index contributed by atoms with van der Waals surface area (Å²) in [6, 6.07) is 2.90. The molecule has 1 saturated heterocycles. The summed E-state index contributed by atoms with van der Waals surface area (Å²) in [5.74, 6) is -0.185. The fourth-order valence-corrected chi connectivity index (χ4v) is 4.97. The highest BCUT2D eigenvalue weighted by Crippen LogP contribution is 2.38. The summed E-state index contributed by atoms with van der Waals surface area (Å²) < 4.78 is 45.1. The maximum absolute atomic E-state index is 14.2. The molecule has 0 N–H and O–H groups in total. The molecule has 30 heavy (non-hydrogen) atoms. The lowest BCUT2D eigenvalue weighted by atomic mass is 9.74. The van der Waals surface area contributed by atoms with Crippen molar-refractivity contribution in [2.75, 3.05) is 19.8 Å². The molecule has 0 radical (unpaired) electrons. The lowest BCUT2D eigenvalue weighted by Crippen LogP contribution is -2.33. The summed E-state index contributed by atoms with van der Waals surface area (Å²) in [5.41, 5.74) is 0. The highest BCUT2D eigenvalue weighted by Gasteiger charge is 2.31. The first-order valence-electron chi connectivity index (χ1n) is 12.0. The van der Waals surface area contributed by atoms with Gasteiger partial charge in [-0.25, -0.2) is 0 Å². The third-order valence-electron chi connectivity index (χ3n) is 6.88. The minimum Gasteiger partial charge on any atom is -0.491 e. The molecule has 3 nitrogen and oxygen atoms in total. The second-order valence-electron chi connectivity index (χ2n) is 9.00. The molecule has 2 fully saturated rings. The highest BCUT2D eigenvalue weighted by molar-refractivity contribution is 5.35. The average Bonchev–Trinajstić information content (AvgIpc) is 2.78. The monoisotopic (exact) mass is 424 g/mol. The van der Waals surface area contributed by atoms with Gasteiger partial charge in [0.2, 0.25) is 11.6 Å². The molecule has 1 aromatic carbocycles. The normalized spacial score (nSPS) is 27.1. The van der Waals surface area contributed by atoms with Crippen molar-refractivity contribution in [1.29, 1.82) is 0 Å². The van der Waals surface area contributed by atoms with E-state index in [1.807, 2.05) is 0 Å². The van der Waals surface area contributed by atoms with Gasteiger partial charge in [-0.1, -0.05) is 26.2 Å². The van der Waals surface area contributed by atoms with Gasteiger partial charge in [-0.05, 0) is 81.8 Å². The van der Waals surface area contributed by atoms with Crippen LogP contribution in [-0.2, 0) is 4.74 Å². The van der Waals surface area contributed by atoms with Gasteiger partial charge < -0.3 is 14.2 Å². The van der Waals surface area contributed by atoms with Crippen LogP contribution in [0.3, 0.4) is 0 Å². The molecule has 3 rings (SSSR count). The maximum atomic E-state index is 14.2. The second-order valence-corrected chi connectivity index (χ2v) is 9.00. The standard InChI is InChI=1S/C25H38F2O3/c1-3-5-6-7-21-13-12-20(17-29-21)19-10-8-18(9-11-19)16-30-23-15-14-22(28-4-2)24(26)25(23)27/h14-15,18-21H,3-13,16-17H2,1-2H3. The predicted octanol–water partition coefficient (Wildman–Crippen LogP) is 6.92. The molecule has 2 aliphatic rings. The smallest absolute Gasteiger partial charge is 0.204 e. The van der Waals surface area contributed by atoms with Crippen LogP contribution in [0.2, 0.25) is 0 Å². The molecule has 5 heteroatoms. The van der Waals surface area contributed by atoms with Crippen LogP contribution in [0.15, 0.2) is 12.1 Å². The Morgan fingerprint density at radius 1 is 0.867 bits per heavy atom. The molecule has 2 atom stereocenters. The summed E-state index contributed by atoms with van der Waals surface area (Å²) in [6.45, 7) is 5.64. The van der Waals surface area contributed by atoms with Crippen LogP contribution in [0.1, 0.15) is 78.1 Å². The maximum Gasteiger partial charge on any atom is 0.204 e. The Balaban J connectivity index is 1.38. The van der Waals surface area contributed by atoms with Crippen LogP contribution in [0.25, 0.3) is 0 Å². The predicted molar refractivity (Wildman–Crippen MR) is 115 cm³/mol. The van der Waals surface area contributed by atoms with Crippen molar-refractivity contribution in [2.24, 2.45) is 17.8 Å². The van der Waals surface area contributed by atoms with E-state index in [4.69, 9.17) is 14.2 Å². The number of rotatable bonds is 10. The van der Waals surface area contributed by atoms with Gasteiger partial charge in [0.05, 0.1) is 25.9 Å². The zero-order valence-electron chi connectivity index (χ0n) is 18.6. The molecule has 1 saturated carbocycles. The number of ether oxygens (including phenoxy) is 3. The topological polar surface area (TPSA) is 27.7 Å². The summed E-state index contributed by atoms with van der Waals surface area (Å²) in [5, 5.41) is 0. The van der Waals surface area contributed by atoms with Gasteiger partial charge in [0.25, 0.3) is 0 Å². The van der Waals surface area contributed by atoms with Crippen molar-refractivity contribution >= 4 is 0 Å². The third-order valence-corrected chi connectivity index (χ3v) is 6.88. The van der Waals surface area contributed by atoms with Gasteiger partial charge in [0.15, 0.2) is 11.5 Å².